The van der Waals surface area contributed by atoms with Crippen LogP contribution in [0, 0.1) is 23.2 Å². The molecule has 1 unspecified atom stereocenters. The number of carboxylic acids is 1. The van der Waals surface area contributed by atoms with E-state index in [0.29, 0.717) is 27.1 Å². The summed E-state index contributed by atoms with van der Waals surface area (Å²) in [4.78, 5) is 45.2. The molecule has 2 aromatic heterocycles. The molecule has 2 aliphatic heterocycles. The number of rotatable bonds is 10. The highest BCUT2D eigenvalue weighted by molar-refractivity contribution is 7.91. The topological polar surface area (TPSA) is 165 Å². The van der Waals surface area contributed by atoms with Gasteiger partial charge in [-0.25, -0.2) is 23.0 Å². The second-order valence-corrected chi connectivity index (χ2v) is 16.7. The van der Waals surface area contributed by atoms with Crippen molar-refractivity contribution in [1.29, 1.82) is 0 Å². The highest BCUT2D eigenvalue weighted by Gasteiger charge is 2.66. The van der Waals surface area contributed by atoms with Crippen molar-refractivity contribution in [1.82, 2.24) is 14.3 Å². The quantitative estimate of drug-likeness (QED) is 0.261. The molecular formula is C32H43N3O9S2. The van der Waals surface area contributed by atoms with Gasteiger partial charge >= 0.3 is 12.1 Å². The van der Waals surface area contributed by atoms with E-state index >= 15 is 0 Å². The van der Waals surface area contributed by atoms with Gasteiger partial charge in [-0.2, -0.15) is 0 Å². The van der Waals surface area contributed by atoms with Crippen LogP contribution in [0.4, 0.5) is 4.79 Å². The molecule has 14 heteroatoms. The number of sulfone groups is 1. The molecule has 2 N–H and O–H groups in total. The molecule has 0 radical (unpaired) electrons. The highest BCUT2D eigenvalue weighted by Crippen LogP contribution is 2.60. The molecule has 4 atom stereocenters. The van der Waals surface area contributed by atoms with Gasteiger partial charge in [0.15, 0.2) is 14.9 Å². The van der Waals surface area contributed by atoms with Gasteiger partial charge in [0.25, 0.3) is 0 Å². The number of hydrogen-bond donors (Lipinski definition) is 2. The molecule has 0 spiro atoms. The van der Waals surface area contributed by atoms with Crippen LogP contribution in [0.1, 0.15) is 89.4 Å². The lowest BCUT2D eigenvalue weighted by molar-refractivity contribution is -0.167. The number of aromatic nitrogens is 2. The van der Waals surface area contributed by atoms with E-state index in [-0.39, 0.29) is 29.9 Å². The molecule has 4 heterocycles. The average molecular weight is 678 g/mol. The average Bonchev–Trinajstić information content (AvgIpc) is 3.65. The van der Waals surface area contributed by atoms with Crippen LogP contribution in [0.3, 0.4) is 0 Å². The Labute approximate surface area is 272 Å². The lowest BCUT2D eigenvalue weighted by Gasteiger charge is -2.50. The summed E-state index contributed by atoms with van der Waals surface area (Å²) in [5, 5.41) is 20.8. The number of imidazole rings is 1. The van der Waals surface area contributed by atoms with Gasteiger partial charge in [0.1, 0.15) is 23.0 Å². The van der Waals surface area contributed by atoms with E-state index in [1.807, 2.05) is 6.92 Å². The van der Waals surface area contributed by atoms with Crippen molar-refractivity contribution in [3.8, 4) is 0 Å². The van der Waals surface area contributed by atoms with E-state index in [1.54, 1.807) is 6.20 Å². The predicted molar refractivity (Wildman–Crippen MR) is 169 cm³/mol. The Morgan fingerprint density at radius 3 is 2.26 bits per heavy atom. The number of amides is 1. The third-order valence-electron chi connectivity index (χ3n) is 10.6. The van der Waals surface area contributed by atoms with Crippen LogP contribution in [0.25, 0.3) is 10.4 Å². The molecule has 0 aromatic carbocycles. The molecule has 2 saturated carbocycles. The van der Waals surface area contributed by atoms with Gasteiger partial charge in [-0.3, -0.25) is 9.20 Å². The van der Waals surface area contributed by atoms with Gasteiger partial charge in [-0.15, -0.1) is 11.3 Å². The fraction of sp³-hybridized carbons (Fsp3) is 0.688. The molecule has 12 nitrogen and oxygen atoms in total. The zero-order valence-corrected chi connectivity index (χ0v) is 28.1. The number of carbonyl (C=O) groups excluding carboxylic acids is 2. The number of fused-ring (bicyclic) bond motifs is 2. The number of β-lactam (4-membered cyclic amide) rings is 1. The summed E-state index contributed by atoms with van der Waals surface area (Å²) in [5.74, 6) is -2.03. The minimum Gasteiger partial charge on any atom is -0.477 e. The smallest absolute Gasteiger partial charge is 0.477 e. The predicted octanol–water partition coefficient (Wildman–Crippen LogP) is 4.90. The number of hydrogen-bond acceptors (Lipinski definition) is 10. The van der Waals surface area contributed by atoms with Gasteiger partial charge in [0.05, 0.1) is 29.5 Å². The van der Waals surface area contributed by atoms with Crippen molar-refractivity contribution in [2.24, 2.45) is 23.2 Å². The van der Waals surface area contributed by atoms with Crippen LogP contribution in [-0.2, 0) is 28.9 Å². The van der Waals surface area contributed by atoms with Crippen molar-refractivity contribution in [3.63, 3.8) is 0 Å². The summed E-state index contributed by atoms with van der Waals surface area (Å²) >= 11 is 1.07. The largest absolute Gasteiger partial charge is 0.508 e. The summed E-state index contributed by atoms with van der Waals surface area (Å²) in [6.07, 6.45) is 13.3. The maximum Gasteiger partial charge on any atom is 0.508 e. The Bertz CT molecular complexity index is 1630. The Hall–Kier alpha value is -2.97. The van der Waals surface area contributed by atoms with E-state index in [4.69, 9.17) is 9.47 Å². The first-order valence-electron chi connectivity index (χ1n) is 16.3. The molecule has 4 aliphatic rings. The van der Waals surface area contributed by atoms with Crippen LogP contribution >= 0.6 is 11.3 Å². The monoisotopic (exact) mass is 677 g/mol. The molecule has 1 amide bonds. The van der Waals surface area contributed by atoms with Crippen molar-refractivity contribution >= 4 is 49.6 Å². The Kier molecular flexibility index (Phi) is 9.00. The van der Waals surface area contributed by atoms with E-state index in [1.165, 1.54) is 35.4 Å². The van der Waals surface area contributed by atoms with Crippen LogP contribution < -0.4 is 0 Å². The number of aliphatic hydroxyl groups excluding tert-OH is 1. The summed E-state index contributed by atoms with van der Waals surface area (Å²) in [6, 6.07) is -0.702. The van der Waals surface area contributed by atoms with Crippen LogP contribution in [0.15, 0.2) is 23.2 Å². The summed E-state index contributed by atoms with van der Waals surface area (Å²) in [7, 11) is -3.67. The number of ether oxygens (including phenoxy) is 2. The third kappa shape index (κ3) is 5.74. The zero-order valence-electron chi connectivity index (χ0n) is 26.5. The summed E-state index contributed by atoms with van der Waals surface area (Å²) in [6.45, 7) is 3.21. The SMILES string of the molecule is C[C@@H](O)[C@H]1C(=O)N2C(C(=O)O)=C(c3cn4cnc(S(C)(=O)=O)c4s3)C(C)(CCOC(=O)OC(C3CCCCC3)C3CCCCC3)[C@@H]12. The molecule has 0 bridgehead atoms. The van der Waals surface area contributed by atoms with E-state index < -0.39 is 51.3 Å². The van der Waals surface area contributed by atoms with E-state index in [2.05, 4.69) is 4.98 Å². The fourth-order valence-corrected chi connectivity index (χ4v) is 10.9. The summed E-state index contributed by atoms with van der Waals surface area (Å²) in [5.41, 5.74) is -0.948. The number of carbonyl (C=O) groups is 3. The standard InChI is InChI=1S/C32H43N3O9S2/c1-18(36)22-26-32(2,14-15-43-31(40)44-25(19-10-6-4-7-11-19)20-12-8-5-9-13-20)23(24(30(38)39)35(26)28(22)37)21-16-34-17-33-27(29(34)45-21)46(3,41)42/h16-20,22,25-26,36H,4-15H2,1-3H3,(H,38,39)/t18-,22-,26-,32?/m1/s1. The normalized spacial score (nSPS) is 26.8. The first-order chi connectivity index (χ1) is 21.8. The molecular weight excluding hydrogens is 634 g/mol. The minimum absolute atomic E-state index is 0.0980. The van der Waals surface area contributed by atoms with E-state index in [9.17, 15) is 33.0 Å². The minimum atomic E-state index is -3.67. The van der Waals surface area contributed by atoms with Crippen LogP contribution in [0.5, 0.6) is 0 Å². The number of aliphatic carboxylic acids is 1. The van der Waals surface area contributed by atoms with Gasteiger partial charge in [0, 0.05) is 23.4 Å². The first-order valence-corrected chi connectivity index (χ1v) is 19.0. The highest BCUT2D eigenvalue weighted by atomic mass is 32.2. The van der Waals surface area contributed by atoms with Crippen molar-refractivity contribution < 1.29 is 42.5 Å². The van der Waals surface area contributed by atoms with Crippen molar-refractivity contribution in [3.05, 3.63) is 23.1 Å². The Balaban J connectivity index is 1.28. The van der Waals surface area contributed by atoms with Gasteiger partial charge < -0.3 is 24.6 Å². The lowest BCUT2D eigenvalue weighted by atomic mass is 9.66. The molecule has 6 rings (SSSR count). The molecule has 46 heavy (non-hydrogen) atoms. The second kappa shape index (κ2) is 12.6. The van der Waals surface area contributed by atoms with Crippen LogP contribution in [0.2, 0.25) is 0 Å². The van der Waals surface area contributed by atoms with Gasteiger partial charge in [-0.05, 0) is 50.9 Å². The number of carboxylic acid groups (broad SMARTS) is 1. The molecule has 2 aliphatic carbocycles. The number of nitrogens with zero attached hydrogens (tertiary/aromatic N) is 3. The maximum atomic E-state index is 13.2. The molecule has 2 aromatic rings. The van der Waals surface area contributed by atoms with Gasteiger partial charge in [0.2, 0.25) is 5.91 Å². The molecule has 252 valence electrons. The Morgan fingerprint density at radius 2 is 1.72 bits per heavy atom. The number of aliphatic hydroxyl groups is 1. The molecule has 1 saturated heterocycles. The first kappa shape index (κ1) is 33.0. The van der Waals surface area contributed by atoms with Crippen molar-refractivity contribution in [2.45, 2.75) is 108 Å². The van der Waals surface area contributed by atoms with E-state index in [0.717, 1.165) is 69.0 Å². The molecule has 3 fully saturated rings. The van der Waals surface area contributed by atoms with Crippen molar-refractivity contribution in [2.75, 3.05) is 12.9 Å². The lowest BCUT2D eigenvalue weighted by Crippen LogP contribution is -2.66. The maximum absolute atomic E-state index is 13.2. The zero-order chi connectivity index (χ0) is 33.0. The summed E-state index contributed by atoms with van der Waals surface area (Å²) < 4.78 is 38.1. The number of thiazole rings is 1. The second-order valence-electron chi connectivity index (χ2n) is 13.7. The third-order valence-corrected chi connectivity index (χ3v) is 12.9. The Morgan fingerprint density at radius 1 is 1.11 bits per heavy atom. The van der Waals surface area contributed by atoms with Crippen LogP contribution in [-0.4, -0.2) is 82.1 Å². The fourth-order valence-electron chi connectivity index (χ4n) is 8.47. The van der Waals surface area contributed by atoms with Gasteiger partial charge in [-0.1, -0.05) is 45.4 Å².